The van der Waals surface area contributed by atoms with Crippen LogP contribution in [0.1, 0.15) is 20.0 Å². The second-order valence-corrected chi connectivity index (χ2v) is 7.70. The normalized spacial score (nSPS) is 10.3. The Hall–Kier alpha value is -3.10. The molecule has 0 radical (unpaired) electrons. The zero-order chi connectivity index (χ0) is 19.9. The number of amides is 3. The number of rotatable bonds is 7. The Morgan fingerprint density at radius 2 is 1.68 bits per heavy atom. The first kappa shape index (κ1) is 19.7. The SMILES string of the molecule is NC(=O)c1ccccc1NC(=O)CSc1ccc(NC(=O)c2cccs2)cc1. The minimum atomic E-state index is -0.594. The van der Waals surface area contributed by atoms with Gasteiger partial charge in [-0.1, -0.05) is 18.2 Å². The number of carbonyl (C=O) groups excluding carboxylic acids is 3. The van der Waals surface area contributed by atoms with E-state index in [1.54, 1.807) is 42.5 Å². The molecule has 0 spiro atoms. The molecule has 3 rings (SSSR count). The number of nitrogens with one attached hydrogen (secondary N) is 2. The molecule has 28 heavy (non-hydrogen) atoms. The molecule has 1 aromatic heterocycles. The smallest absolute Gasteiger partial charge is 0.265 e. The number of thioether (sulfide) groups is 1. The molecule has 8 heteroatoms. The molecule has 6 nitrogen and oxygen atoms in total. The third kappa shape index (κ3) is 5.21. The van der Waals surface area contributed by atoms with Gasteiger partial charge in [-0.3, -0.25) is 14.4 Å². The molecule has 0 aliphatic heterocycles. The maximum absolute atomic E-state index is 12.2. The molecular formula is C20H17N3O3S2. The van der Waals surface area contributed by atoms with Crippen molar-refractivity contribution >= 4 is 52.2 Å². The van der Waals surface area contributed by atoms with Crippen LogP contribution >= 0.6 is 23.1 Å². The van der Waals surface area contributed by atoms with E-state index >= 15 is 0 Å². The summed E-state index contributed by atoms with van der Waals surface area (Å²) in [5.41, 5.74) is 6.66. The predicted octanol–water partition coefficient (Wildman–Crippen LogP) is 3.83. The van der Waals surface area contributed by atoms with E-state index in [0.29, 0.717) is 16.3 Å². The van der Waals surface area contributed by atoms with Crippen molar-refractivity contribution < 1.29 is 14.4 Å². The Balaban J connectivity index is 1.53. The van der Waals surface area contributed by atoms with Crippen molar-refractivity contribution in [1.82, 2.24) is 0 Å². The van der Waals surface area contributed by atoms with Gasteiger partial charge in [0, 0.05) is 10.6 Å². The molecule has 0 saturated heterocycles. The van der Waals surface area contributed by atoms with Crippen LogP contribution in [-0.2, 0) is 4.79 Å². The average molecular weight is 412 g/mol. The Morgan fingerprint density at radius 3 is 2.36 bits per heavy atom. The van der Waals surface area contributed by atoms with Gasteiger partial charge < -0.3 is 16.4 Å². The number of carbonyl (C=O) groups is 3. The molecule has 0 aliphatic carbocycles. The third-order valence-corrected chi connectivity index (χ3v) is 5.57. The van der Waals surface area contributed by atoms with Crippen LogP contribution in [0, 0.1) is 0 Å². The summed E-state index contributed by atoms with van der Waals surface area (Å²) in [6.07, 6.45) is 0. The van der Waals surface area contributed by atoms with E-state index in [0.717, 1.165) is 4.90 Å². The highest BCUT2D eigenvalue weighted by molar-refractivity contribution is 8.00. The van der Waals surface area contributed by atoms with Crippen molar-refractivity contribution in [2.75, 3.05) is 16.4 Å². The number of hydrogen-bond acceptors (Lipinski definition) is 5. The van der Waals surface area contributed by atoms with E-state index in [1.807, 2.05) is 23.6 Å². The van der Waals surface area contributed by atoms with Crippen molar-refractivity contribution in [1.29, 1.82) is 0 Å². The van der Waals surface area contributed by atoms with Gasteiger partial charge >= 0.3 is 0 Å². The molecule has 1 heterocycles. The van der Waals surface area contributed by atoms with Crippen LogP contribution in [0.3, 0.4) is 0 Å². The van der Waals surface area contributed by atoms with E-state index in [1.165, 1.54) is 23.1 Å². The molecule has 2 aromatic carbocycles. The minimum Gasteiger partial charge on any atom is -0.366 e. The molecule has 0 unspecified atom stereocenters. The summed E-state index contributed by atoms with van der Waals surface area (Å²) in [7, 11) is 0. The summed E-state index contributed by atoms with van der Waals surface area (Å²) in [5.74, 6) is -0.811. The van der Waals surface area contributed by atoms with Gasteiger partial charge in [-0.15, -0.1) is 23.1 Å². The summed E-state index contributed by atoms with van der Waals surface area (Å²) in [6.45, 7) is 0. The number of para-hydroxylation sites is 1. The summed E-state index contributed by atoms with van der Waals surface area (Å²) in [6, 6.07) is 17.4. The number of primary amides is 1. The standard InChI is InChI=1S/C20H17N3O3S2/c21-19(25)15-4-1-2-5-16(15)23-18(24)12-28-14-9-7-13(8-10-14)22-20(26)17-6-3-11-27-17/h1-11H,12H2,(H2,21,25)(H,22,26)(H,23,24). The molecule has 3 aromatic rings. The Labute approximate surface area is 170 Å². The van der Waals surface area contributed by atoms with E-state index < -0.39 is 5.91 Å². The average Bonchev–Trinajstić information content (AvgIpc) is 3.23. The van der Waals surface area contributed by atoms with Crippen LogP contribution in [0.25, 0.3) is 0 Å². The summed E-state index contributed by atoms with van der Waals surface area (Å²) >= 11 is 2.73. The first-order valence-corrected chi connectivity index (χ1v) is 10.2. The highest BCUT2D eigenvalue weighted by Crippen LogP contribution is 2.22. The van der Waals surface area contributed by atoms with E-state index in [-0.39, 0.29) is 23.1 Å². The van der Waals surface area contributed by atoms with Crippen molar-refractivity contribution in [2.24, 2.45) is 5.73 Å². The maximum atomic E-state index is 12.2. The lowest BCUT2D eigenvalue weighted by Crippen LogP contribution is -2.19. The fourth-order valence-electron chi connectivity index (χ4n) is 2.38. The van der Waals surface area contributed by atoms with Gasteiger partial charge in [-0.25, -0.2) is 0 Å². The lowest BCUT2D eigenvalue weighted by molar-refractivity contribution is -0.113. The van der Waals surface area contributed by atoms with Crippen molar-refractivity contribution in [2.45, 2.75) is 4.90 Å². The molecule has 0 fully saturated rings. The third-order valence-electron chi connectivity index (χ3n) is 3.69. The molecule has 3 amide bonds. The minimum absolute atomic E-state index is 0.150. The lowest BCUT2D eigenvalue weighted by Gasteiger charge is -2.09. The second-order valence-electron chi connectivity index (χ2n) is 5.70. The van der Waals surface area contributed by atoms with Gasteiger partial charge in [-0.2, -0.15) is 0 Å². The Bertz CT molecular complexity index is 986. The maximum Gasteiger partial charge on any atom is 0.265 e. The van der Waals surface area contributed by atoms with Gasteiger partial charge in [0.1, 0.15) is 0 Å². The van der Waals surface area contributed by atoms with E-state index in [9.17, 15) is 14.4 Å². The van der Waals surface area contributed by atoms with Crippen molar-refractivity contribution in [3.63, 3.8) is 0 Å². The van der Waals surface area contributed by atoms with Gasteiger partial charge in [0.05, 0.1) is 21.9 Å². The molecular weight excluding hydrogens is 394 g/mol. The Kier molecular flexibility index (Phi) is 6.46. The number of nitrogens with two attached hydrogens (primary N) is 1. The van der Waals surface area contributed by atoms with Crippen LogP contribution in [0.5, 0.6) is 0 Å². The van der Waals surface area contributed by atoms with Gasteiger partial charge in [0.2, 0.25) is 5.91 Å². The molecule has 0 saturated carbocycles. The number of thiophene rings is 1. The molecule has 0 atom stereocenters. The highest BCUT2D eigenvalue weighted by Gasteiger charge is 2.11. The quantitative estimate of drug-likeness (QED) is 0.514. The molecule has 0 aliphatic rings. The number of benzene rings is 2. The zero-order valence-corrected chi connectivity index (χ0v) is 16.3. The second kappa shape index (κ2) is 9.20. The predicted molar refractivity (Wildman–Crippen MR) is 113 cm³/mol. The largest absolute Gasteiger partial charge is 0.366 e. The summed E-state index contributed by atoms with van der Waals surface area (Å²) < 4.78 is 0. The number of anilines is 2. The van der Waals surface area contributed by atoms with E-state index in [2.05, 4.69) is 10.6 Å². The fraction of sp³-hybridized carbons (Fsp3) is 0.0500. The molecule has 0 bridgehead atoms. The molecule has 4 N–H and O–H groups in total. The number of hydrogen-bond donors (Lipinski definition) is 3. The first-order chi connectivity index (χ1) is 13.5. The van der Waals surface area contributed by atoms with Crippen molar-refractivity contribution in [3.8, 4) is 0 Å². The van der Waals surface area contributed by atoms with Crippen molar-refractivity contribution in [3.05, 3.63) is 76.5 Å². The highest BCUT2D eigenvalue weighted by atomic mass is 32.2. The first-order valence-electron chi connectivity index (χ1n) is 8.29. The fourth-order valence-corrected chi connectivity index (χ4v) is 3.69. The van der Waals surface area contributed by atoms with Crippen LogP contribution in [0.15, 0.2) is 70.9 Å². The van der Waals surface area contributed by atoms with Crippen LogP contribution < -0.4 is 16.4 Å². The van der Waals surface area contributed by atoms with Crippen LogP contribution in [0.4, 0.5) is 11.4 Å². The van der Waals surface area contributed by atoms with Crippen LogP contribution in [-0.4, -0.2) is 23.5 Å². The molecule has 142 valence electrons. The monoisotopic (exact) mass is 411 g/mol. The van der Waals surface area contributed by atoms with Gasteiger partial charge in [-0.05, 0) is 47.8 Å². The lowest BCUT2D eigenvalue weighted by atomic mass is 10.1. The van der Waals surface area contributed by atoms with Gasteiger partial charge in [0.25, 0.3) is 11.8 Å². The Morgan fingerprint density at radius 1 is 0.929 bits per heavy atom. The van der Waals surface area contributed by atoms with E-state index in [4.69, 9.17) is 5.73 Å². The summed E-state index contributed by atoms with van der Waals surface area (Å²) in [5, 5.41) is 7.37. The summed E-state index contributed by atoms with van der Waals surface area (Å²) in [4.78, 5) is 37.1. The zero-order valence-electron chi connectivity index (χ0n) is 14.7. The topological polar surface area (TPSA) is 101 Å². The van der Waals surface area contributed by atoms with Crippen LogP contribution in [0.2, 0.25) is 0 Å². The van der Waals surface area contributed by atoms with Gasteiger partial charge in [0.15, 0.2) is 0 Å².